The maximum atomic E-state index is 13.5. The molecule has 104 valence electrons. The van der Waals surface area contributed by atoms with Crippen molar-refractivity contribution in [3.8, 4) is 0 Å². The summed E-state index contributed by atoms with van der Waals surface area (Å²) < 4.78 is 26.9. The smallest absolute Gasteiger partial charge is 0.227 e. The summed E-state index contributed by atoms with van der Waals surface area (Å²) in [5.74, 6) is -1.40. The highest BCUT2D eigenvalue weighted by molar-refractivity contribution is 5.79. The van der Waals surface area contributed by atoms with E-state index >= 15 is 0 Å². The lowest BCUT2D eigenvalue weighted by molar-refractivity contribution is -0.132. The molecule has 1 heterocycles. The molecule has 1 aliphatic rings. The number of hydrogen-bond acceptors (Lipinski definition) is 2. The van der Waals surface area contributed by atoms with Gasteiger partial charge in [0.25, 0.3) is 0 Å². The van der Waals surface area contributed by atoms with Crippen LogP contribution in [0.5, 0.6) is 0 Å². The van der Waals surface area contributed by atoms with Crippen LogP contribution in [0.4, 0.5) is 8.78 Å². The predicted octanol–water partition coefficient (Wildman–Crippen LogP) is 1.74. The summed E-state index contributed by atoms with van der Waals surface area (Å²) in [4.78, 5) is 13.6. The van der Waals surface area contributed by atoms with Gasteiger partial charge in [-0.05, 0) is 30.9 Å². The molecule has 2 rings (SSSR count). The predicted molar refractivity (Wildman–Crippen MR) is 66.5 cm³/mol. The zero-order valence-corrected chi connectivity index (χ0v) is 10.6. The molecule has 3 nitrogen and oxygen atoms in total. The molecule has 1 aromatic rings. The van der Waals surface area contributed by atoms with Crippen LogP contribution >= 0.6 is 0 Å². The molecule has 1 amide bonds. The van der Waals surface area contributed by atoms with Crippen LogP contribution in [-0.4, -0.2) is 35.6 Å². The van der Waals surface area contributed by atoms with E-state index in [4.69, 9.17) is 5.11 Å². The van der Waals surface area contributed by atoms with Crippen LogP contribution in [0.25, 0.3) is 0 Å². The van der Waals surface area contributed by atoms with Crippen molar-refractivity contribution in [3.05, 3.63) is 35.4 Å². The van der Waals surface area contributed by atoms with Crippen molar-refractivity contribution < 1.29 is 18.7 Å². The zero-order chi connectivity index (χ0) is 13.8. The monoisotopic (exact) mass is 269 g/mol. The van der Waals surface area contributed by atoms with Crippen molar-refractivity contribution >= 4 is 5.91 Å². The average Bonchev–Trinajstić information content (AvgIpc) is 2.43. The van der Waals surface area contributed by atoms with E-state index in [0.29, 0.717) is 13.1 Å². The summed E-state index contributed by atoms with van der Waals surface area (Å²) in [5, 5.41) is 9.02. The zero-order valence-electron chi connectivity index (χ0n) is 10.6. The second-order valence-corrected chi connectivity index (χ2v) is 4.88. The molecule has 0 unspecified atom stereocenters. The van der Waals surface area contributed by atoms with Crippen LogP contribution < -0.4 is 0 Å². The number of amides is 1. The average molecular weight is 269 g/mol. The SMILES string of the molecule is O=C(Cc1c(F)cccc1F)N1CCC(CO)CC1. The highest BCUT2D eigenvalue weighted by Gasteiger charge is 2.23. The minimum atomic E-state index is -0.682. The number of carbonyl (C=O) groups is 1. The van der Waals surface area contributed by atoms with Crippen molar-refractivity contribution in [3.63, 3.8) is 0 Å². The number of carbonyl (C=O) groups excluding carboxylic acids is 1. The fraction of sp³-hybridized carbons (Fsp3) is 0.500. The fourth-order valence-electron chi connectivity index (χ4n) is 2.33. The van der Waals surface area contributed by atoms with Gasteiger partial charge in [0.2, 0.25) is 5.91 Å². The van der Waals surface area contributed by atoms with E-state index in [0.717, 1.165) is 25.0 Å². The number of piperidine rings is 1. The normalized spacial score (nSPS) is 16.7. The van der Waals surface area contributed by atoms with E-state index in [1.807, 2.05) is 0 Å². The van der Waals surface area contributed by atoms with Gasteiger partial charge in [0, 0.05) is 25.3 Å². The lowest BCUT2D eigenvalue weighted by Gasteiger charge is -2.31. The van der Waals surface area contributed by atoms with Crippen LogP contribution in [0.1, 0.15) is 18.4 Å². The number of benzene rings is 1. The molecule has 0 saturated carbocycles. The number of aliphatic hydroxyl groups excluding tert-OH is 1. The van der Waals surface area contributed by atoms with Gasteiger partial charge in [0.15, 0.2) is 0 Å². The topological polar surface area (TPSA) is 40.5 Å². The molecule has 5 heteroatoms. The Balaban J connectivity index is 1.98. The molecule has 1 fully saturated rings. The van der Waals surface area contributed by atoms with Gasteiger partial charge in [0.05, 0.1) is 6.42 Å². The Kier molecular flexibility index (Phi) is 4.47. The van der Waals surface area contributed by atoms with E-state index in [-0.39, 0.29) is 30.4 Å². The maximum Gasteiger partial charge on any atom is 0.227 e. The van der Waals surface area contributed by atoms with Crippen LogP contribution in [-0.2, 0) is 11.2 Å². The molecule has 1 saturated heterocycles. The number of hydrogen-bond donors (Lipinski definition) is 1. The molecule has 19 heavy (non-hydrogen) atoms. The fourth-order valence-corrected chi connectivity index (χ4v) is 2.33. The Bertz CT molecular complexity index is 437. The standard InChI is InChI=1S/C14H17F2NO2/c15-12-2-1-3-13(16)11(12)8-14(19)17-6-4-10(9-18)5-7-17/h1-3,10,18H,4-9H2. The Morgan fingerprint density at radius 3 is 2.37 bits per heavy atom. The van der Waals surface area contributed by atoms with Crippen molar-refractivity contribution in [1.29, 1.82) is 0 Å². The van der Waals surface area contributed by atoms with E-state index in [9.17, 15) is 13.6 Å². The third-order valence-electron chi connectivity index (χ3n) is 3.62. The van der Waals surface area contributed by atoms with Gasteiger partial charge in [-0.25, -0.2) is 8.78 Å². The second-order valence-electron chi connectivity index (χ2n) is 4.88. The Labute approximate surface area is 110 Å². The van der Waals surface area contributed by atoms with Crippen molar-refractivity contribution in [1.82, 2.24) is 4.90 Å². The molecule has 1 aliphatic heterocycles. The summed E-state index contributed by atoms with van der Waals surface area (Å²) in [5.41, 5.74) is -0.170. The number of likely N-dealkylation sites (tertiary alicyclic amines) is 1. The van der Waals surface area contributed by atoms with E-state index in [1.54, 1.807) is 4.90 Å². The van der Waals surface area contributed by atoms with Gasteiger partial charge in [-0.2, -0.15) is 0 Å². The molecule has 0 atom stereocenters. The first-order valence-corrected chi connectivity index (χ1v) is 6.43. The lowest BCUT2D eigenvalue weighted by atomic mass is 9.97. The summed E-state index contributed by atoms with van der Waals surface area (Å²) in [6.45, 7) is 1.21. The Hall–Kier alpha value is -1.49. The van der Waals surface area contributed by atoms with Gasteiger partial charge in [-0.3, -0.25) is 4.79 Å². The minimum Gasteiger partial charge on any atom is -0.396 e. The Morgan fingerprint density at radius 1 is 1.26 bits per heavy atom. The molecule has 0 aliphatic carbocycles. The van der Waals surface area contributed by atoms with Crippen LogP contribution in [0.2, 0.25) is 0 Å². The summed E-state index contributed by atoms with van der Waals surface area (Å²) in [7, 11) is 0. The summed E-state index contributed by atoms with van der Waals surface area (Å²) in [6.07, 6.45) is 1.23. The van der Waals surface area contributed by atoms with E-state index < -0.39 is 11.6 Å². The first-order valence-electron chi connectivity index (χ1n) is 6.43. The first-order chi connectivity index (χ1) is 9.11. The van der Waals surface area contributed by atoms with Crippen LogP contribution in [0, 0.1) is 17.6 Å². The molecular formula is C14H17F2NO2. The van der Waals surface area contributed by atoms with Crippen LogP contribution in [0.15, 0.2) is 18.2 Å². The van der Waals surface area contributed by atoms with E-state index in [2.05, 4.69) is 0 Å². The Morgan fingerprint density at radius 2 is 1.84 bits per heavy atom. The van der Waals surface area contributed by atoms with Crippen molar-refractivity contribution in [2.45, 2.75) is 19.3 Å². The van der Waals surface area contributed by atoms with E-state index in [1.165, 1.54) is 6.07 Å². The largest absolute Gasteiger partial charge is 0.396 e. The van der Waals surface area contributed by atoms with Gasteiger partial charge in [-0.1, -0.05) is 6.07 Å². The highest BCUT2D eigenvalue weighted by atomic mass is 19.1. The van der Waals surface area contributed by atoms with Gasteiger partial charge in [0.1, 0.15) is 11.6 Å². The molecule has 1 aromatic carbocycles. The first kappa shape index (κ1) is 13.9. The highest BCUT2D eigenvalue weighted by Crippen LogP contribution is 2.19. The molecule has 1 N–H and O–H groups in total. The molecule has 0 bridgehead atoms. The van der Waals surface area contributed by atoms with Gasteiger partial charge >= 0.3 is 0 Å². The minimum absolute atomic E-state index is 0.129. The summed E-state index contributed by atoms with van der Waals surface area (Å²) >= 11 is 0. The van der Waals surface area contributed by atoms with Gasteiger partial charge < -0.3 is 10.0 Å². The molecule has 0 aromatic heterocycles. The van der Waals surface area contributed by atoms with Crippen molar-refractivity contribution in [2.75, 3.05) is 19.7 Å². The lowest BCUT2D eigenvalue weighted by Crippen LogP contribution is -2.40. The molecule has 0 spiro atoms. The second kappa shape index (κ2) is 6.10. The van der Waals surface area contributed by atoms with Crippen molar-refractivity contribution in [2.24, 2.45) is 5.92 Å². The number of nitrogens with zero attached hydrogens (tertiary/aromatic N) is 1. The third-order valence-corrected chi connectivity index (χ3v) is 3.62. The van der Waals surface area contributed by atoms with Gasteiger partial charge in [-0.15, -0.1) is 0 Å². The maximum absolute atomic E-state index is 13.5. The number of halogens is 2. The third kappa shape index (κ3) is 3.29. The quantitative estimate of drug-likeness (QED) is 0.908. The summed E-state index contributed by atoms with van der Waals surface area (Å²) in [6, 6.07) is 3.60. The van der Waals surface area contributed by atoms with Crippen LogP contribution in [0.3, 0.4) is 0 Å². The molecule has 0 radical (unpaired) electrons. The number of aliphatic hydroxyl groups is 1. The molecular weight excluding hydrogens is 252 g/mol. The number of rotatable bonds is 3.